The zero-order chi connectivity index (χ0) is 23.5. The Bertz CT molecular complexity index is 1100. The van der Waals surface area contributed by atoms with Crippen molar-refractivity contribution in [2.45, 2.75) is 58.8 Å². The van der Waals surface area contributed by atoms with Crippen molar-refractivity contribution in [1.29, 1.82) is 0 Å². The lowest BCUT2D eigenvalue weighted by Gasteiger charge is -2.11. The lowest BCUT2D eigenvalue weighted by atomic mass is 10.0. The maximum Gasteiger partial charge on any atom is 0.343 e. The van der Waals surface area contributed by atoms with Crippen LogP contribution in [0.3, 0.4) is 0 Å². The van der Waals surface area contributed by atoms with Gasteiger partial charge in [-0.05, 0) is 42.3 Å². The van der Waals surface area contributed by atoms with Gasteiger partial charge in [0.2, 0.25) is 5.91 Å². The molecular formula is C28H32N2O3. The van der Waals surface area contributed by atoms with Crippen molar-refractivity contribution in [3.8, 4) is 5.75 Å². The van der Waals surface area contributed by atoms with E-state index in [4.69, 9.17) is 4.74 Å². The van der Waals surface area contributed by atoms with Gasteiger partial charge in [-0.25, -0.2) is 10.2 Å². The fraction of sp³-hybridized carbons (Fsp3) is 0.321. The maximum atomic E-state index is 12.7. The van der Waals surface area contributed by atoms with Crippen molar-refractivity contribution in [3.63, 3.8) is 0 Å². The Morgan fingerprint density at radius 2 is 1.64 bits per heavy atom. The second-order valence-corrected chi connectivity index (χ2v) is 8.27. The number of carbonyl (C=O) groups excluding carboxylic acids is 2. The number of rotatable bonds is 11. The molecule has 3 aromatic rings. The standard InChI is InChI=1S/C28H32N2O3/c1-3-4-5-6-7-8-13-27(31)30-29-20-25-24-12-10-9-11-22(24)18-19-26(25)33-28(32)23-16-14-21(2)15-17-23/h9-12,14-20H,3-8,13H2,1-2H3,(H,30,31)/b29-20-. The third-order valence-corrected chi connectivity index (χ3v) is 5.56. The predicted octanol–water partition coefficient (Wildman–Crippen LogP) is 6.57. The van der Waals surface area contributed by atoms with Crippen LogP contribution in [-0.4, -0.2) is 18.1 Å². The Morgan fingerprint density at radius 3 is 2.42 bits per heavy atom. The number of carbonyl (C=O) groups is 2. The summed E-state index contributed by atoms with van der Waals surface area (Å²) in [4.78, 5) is 24.8. The number of hydrogen-bond acceptors (Lipinski definition) is 4. The summed E-state index contributed by atoms with van der Waals surface area (Å²) in [5.41, 5.74) is 4.80. The highest BCUT2D eigenvalue weighted by atomic mass is 16.5. The van der Waals surface area contributed by atoms with Gasteiger partial charge in [0.15, 0.2) is 0 Å². The smallest absolute Gasteiger partial charge is 0.343 e. The molecule has 1 N–H and O–H groups in total. The van der Waals surface area contributed by atoms with Crippen molar-refractivity contribution in [1.82, 2.24) is 5.43 Å². The number of esters is 1. The molecule has 0 bridgehead atoms. The van der Waals surface area contributed by atoms with Crippen LogP contribution in [0.25, 0.3) is 10.8 Å². The van der Waals surface area contributed by atoms with Gasteiger partial charge in [0.05, 0.1) is 11.8 Å². The molecule has 0 aliphatic carbocycles. The quantitative estimate of drug-likeness (QED) is 0.120. The lowest BCUT2D eigenvalue weighted by Crippen LogP contribution is -2.17. The number of unbranched alkanes of at least 4 members (excludes halogenated alkanes) is 5. The molecule has 33 heavy (non-hydrogen) atoms. The average molecular weight is 445 g/mol. The zero-order valence-corrected chi connectivity index (χ0v) is 19.5. The highest BCUT2D eigenvalue weighted by molar-refractivity contribution is 6.04. The molecule has 1 amide bonds. The minimum Gasteiger partial charge on any atom is -0.422 e. The van der Waals surface area contributed by atoms with E-state index >= 15 is 0 Å². The fourth-order valence-corrected chi connectivity index (χ4v) is 3.64. The number of hydrogen-bond donors (Lipinski definition) is 1. The van der Waals surface area contributed by atoms with Crippen molar-refractivity contribution < 1.29 is 14.3 Å². The van der Waals surface area contributed by atoms with E-state index in [1.807, 2.05) is 49.4 Å². The minimum absolute atomic E-state index is 0.111. The van der Waals surface area contributed by atoms with E-state index in [1.165, 1.54) is 19.3 Å². The molecule has 3 aromatic carbocycles. The van der Waals surface area contributed by atoms with Crippen LogP contribution in [0.1, 0.15) is 73.4 Å². The number of benzene rings is 3. The number of nitrogens with zero attached hydrogens (tertiary/aromatic N) is 1. The summed E-state index contributed by atoms with van der Waals surface area (Å²) >= 11 is 0. The van der Waals surface area contributed by atoms with Gasteiger partial charge in [-0.2, -0.15) is 5.10 Å². The van der Waals surface area contributed by atoms with E-state index in [2.05, 4.69) is 17.5 Å². The van der Waals surface area contributed by atoms with E-state index in [9.17, 15) is 9.59 Å². The molecule has 0 heterocycles. The molecule has 5 heteroatoms. The van der Waals surface area contributed by atoms with Gasteiger partial charge in [0.25, 0.3) is 0 Å². The number of fused-ring (bicyclic) bond motifs is 1. The number of hydrazone groups is 1. The highest BCUT2D eigenvalue weighted by Crippen LogP contribution is 2.27. The van der Waals surface area contributed by atoms with Crippen molar-refractivity contribution in [3.05, 3.63) is 77.4 Å². The van der Waals surface area contributed by atoms with E-state index < -0.39 is 5.97 Å². The molecule has 172 valence electrons. The van der Waals surface area contributed by atoms with Gasteiger partial charge in [0.1, 0.15) is 5.75 Å². The van der Waals surface area contributed by atoms with Gasteiger partial charge >= 0.3 is 5.97 Å². The van der Waals surface area contributed by atoms with Gasteiger partial charge < -0.3 is 4.74 Å². The minimum atomic E-state index is -0.438. The summed E-state index contributed by atoms with van der Waals surface area (Å²) in [5, 5.41) is 6.04. The Morgan fingerprint density at radius 1 is 0.909 bits per heavy atom. The van der Waals surface area contributed by atoms with Crippen molar-refractivity contribution in [2.75, 3.05) is 0 Å². The van der Waals surface area contributed by atoms with Crippen LogP contribution >= 0.6 is 0 Å². The summed E-state index contributed by atoms with van der Waals surface area (Å²) < 4.78 is 5.71. The summed E-state index contributed by atoms with van der Waals surface area (Å²) in [6, 6.07) is 18.7. The first-order chi connectivity index (χ1) is 16.1. The normalized spacial score (nSPS) is 11.1. The monoisotopic (exact) mass is 444 g/mol. The Hall–Kier alpha value is -3.47. The first-order valence-electron chi connectivity index (χ1n) is 11.7. The Kier molecular flexibility index (Phi) is 9.19. The van der Waals surface area contributed by atoms with Crippen LogP contribution < -0.4 is 10.2 Å². The summed E-state index contributed by atoms with van der Waals surface area (Å²) in [5.74, 6) is -0.152. The van der Waals surface area contributed by atoms with Crippen molar-refractivity contribution in [2.24, 2.45) is 5.10 Å². The Labute approximate surface area is 195 Å². The molecule has 0 aliphatic rings. The summed E-state index contributed by atoms with van der Waals surface area (Å²) in [6.07, 6.45) is 8.77. The Balaban J connectivity index is 1.69. The molecular weight excluding hydrogens is 412 g/mol. The number of ether oxygens (including phenoxy) is 1. The summed E-state index contributed by atoms with van der Waals surface area (Å²) in [7, 11) is 0. The fourth-order valence-electron chi connectivity index (χ4n) is 3.64. The molecule has 0 spiro atoms. The summed E-state index contributed by atoms with van der Waals surface area (Å²) in [6.45, 7) is 4.16. The van der Waals surface area contributed by atoms with E-state index in [-0.39, 0.29) is 5.91 Å². The largest absolute Gasteiger partial charge is 0.422 e. The van der Waals surface area contributed by atoms with Crippen molar-refractivity contribution >= 4 is 28.9 Å². The molecule has 0 saturated heterocycles. The molecule has 3 rings (SSSR count). The molecule has 0 aromatic heterocycles. The molecule has 5 nitrogen and oxygen atoms in total. The lowest BCUT2D eigenvalue weighted by molar-refractivity contribution is -0.121. The molecule has 0 radical (unpaired) electrons. The number of nitrogens with one attached hydrogen (secondary N) is 1. The second-order valence-electron chi connectivity index (χ2n) is 8.27. The topological polar surface area (TPSA) is 67.8 Å². The van der Waals surface area contributed by atoms with Crippen LogP contribution in [0, 0.1) is 6.92 Å². The van der Waals surface area contributed by atoms with Gasteiger partial charge in [-0.3, -0.25) is 4.79 Å². The third kappa shape index (κ3) is 7.28. The van der Waals surface area contributed by atoms with Gasteiger partial charge in [0, 0.05) is 12.0 Å². The first kappa shape index (κ1) is 24.2. The first-order valence-corrected chi connectivity index (χ1v) is 11.7. The predicted molar refractivity (Wildman–Crippen MR) is 134 cm³/mol. The highest BCUT2D eigenvalue weighted by Gasteiger charge is 2.13. The van der Waals surface area contributed by atoms with Crippen LogP contribution in [0.15, 0.2) is 65.8 Å². The second kappa shape index (κ2) is 12.5. The molecule has 0 saturated carbocycles. The third-order valence-electron chi connectivity index (χ3n) is 5.56. The van der Waals surface area contributed by atoms with E-state index in [1.54, 1.807) is 24.4 Å². The van der Waals surface area contributed by atoms with Gasteiger partial charge in [-0.15, -0.1) is 0 Å². The zero-order valence-electron chi connectivity index (χ0n) is 19.5. The van der Waals surface area contributed by atoms with E-state index in [0.717, 1.165) is 35.6 Å². The van der Waals surface area contributed by atoms with Crippen LogP contribution in [0.2, 0.25) is 0 Å². The number of aryl methyl sites for hydroxylation is 1. The van der Waals surface area contributed by atoms with Gasteiger partial charge in [-0.1, -0.05) is 87.1 Å². The number of amides is 1. The maximum absolute atomic E-state index is 12.7. The molecule has 0 aliphatic heterocycles. The van der Waals surface area contributed by atoms with Crippen LogP contribution in [-0.2, 0) is 4.79 Å². The average Bonchev–Trinajstić information content (AvgIpc) is 2.82. The van der Waals surface area contributed by atoms with Crippen LogP contribution in [0.4, 0.5) is 0 Å². The SMILES string of the molecule is CCCCCCCCC(=O)N/N=C\c1c(OC(=O)c2ccc(C)cc2)ccc2ccccc12. The van der Waals surface area contributed by atoms with E-state index in [0.29, 0.717) is 23.3 Å². The molecule has 0 atom stereocenters. The molecule has 0 unspecified atom stereocenters. The van der Waals surface area contributed by atoms with Crippen LogP contribution in [0.5, 0.6) is 5.75 Å². The molecule has 0 fully saturated rings.